The largest absolute Gasteiger partial charge is 0.489 e. The van der Waals surface area contributed by atoms with E-state index in [9.17, 15) is 4.79 Å². The van der Waals surface area contributed by atoms with Crippen LogP contribution in [0.15, 0.2) is 48.5 Å². The van der Waals surface area contributed by atoms with Crippen LogP contribution in [0.3, 0.4) is 0 Å². The lowest BCUT2D eigenvalue weighted by atomic mass is 10.1. The summed E-state index contributed by atoms with van der Waals surface area (Å²) in [5, 5.41) is 8.72. The summed E-state index contributed by atoms with van der Waals surface area (Å²) < 4.78 is 10.3. The van der Waals surface area contributed by atoms with Gasteiger partial charge in [0.25, 0.3) is 0 Å². The number of hydrogen-bond acceptors (Lipinski definition) is 4. The van der Waals surface area contributed by atoms with Crippen molar-refractivity contribution in [3.8, 4) is 11.8 Å². The third kappa shape index (κ3) is 4.95. The zero-order valence-corrected chi connectivity index (χ0v) is 13.0. The summed E-state index contributed by atoms with van der Waals surface area (Å²) in [6.07, 6.45) is 0. The second-order valence-electron chi connectivity index (χ2n) is 4.12. The summed E-state index contributed by atoms with van der Waals surface area (Å²) in [7, 11) is 1.34. The van der Waals surface area contributed by atoms with Gasteiger partial charge in [-0.2, -0.15) is 5.26 Å². The number of benzene rings is 2. The van der Waals surface area contributed by atoms with Crippen molar-refractivity contribution in [2.45, 2.75) is 20.5 Å². The predicted molar refractivity (Wildman–Crippen MR) is 84.6 cm³/mol. The van der Waals surface area contributed by atoms with Crippen molar-refractivity contribution in [2.24, 2.45) is 0 Å². The van der Waals surface area contributed by atoms with Crippen LogP contribution in [0.4, 0.5) is 0 Å². The first-order valence-electron chi connectivity index (χ1n) is 7.03. The van der Waals surface area contributed by atoms with Gasteiger partial charge < -0.3 is 9.47 Å². The molecule has 0 amide bonds. The maximum atomic E-state index is 11.4. The van der Waals surface area contributed by atoms with Crippen LogP contribution in [0.1, 0.15) is 35.3 Å². The van der Waals surface area contributed by atoms with Crippen LogP contribution in [0.5, 0.6) is 5.75 Å². The monoisotopic (exact) mass is 297 g/mol. The highest BCUT2D eigenvalue weighted by atomic mass is 16.5. The number of nitrogens with zero attached hydrogens (tertiary/aromatic N) is 1. The van der Waals surface area contributed by atoms with Gasteiger partial charge in [-0.1, -0.05) is 32.0 Å². The van der Waals surface area contributed by atoms with Crippen LogP contribution in [-0.4, -0.2) is 13.1 Å². The summed E-state index contributed by atoms with van der Waals surface area (Å²) in [5.74, 6) is 0.200. The molecule has 0 atom stereocenters. The first-order valence-corrected chi connectivity index (χ1v) is 7.03. The molecule has 0 fully saturated rings. The summed E-state index contributed by atoms with van der Waals surface area (Å²) in [5.41, 5.74) is 2.01. The average molecular weight is 297 g/mol. The zero-order valence-electron chi connectivity index (χ0n) is 13.0. The van der Waals surface area contributed by atoms with Crippen molar-refractivity contribution in [2.75, 3.05) is 7.11 Å². The van der Waals surface area contributed by atoms with E-state index >= 15 is 0 Å². The summed E-state index contributed by atoms with van der Waals surface area (Å²) >= 11 is 0. The van der Waals surface area contributed by atoms with E-state index < -0.39 is 5.97 Å². The lowest BCUT2D eigenvalue weighted by Gasteiger charge is -2.07. The number of rotatable bonds is 4. The van der Waals surface area contributed by atoms with Crippen LogP contribution < -0.4 is 4.74 Å². The van der Waals surface area contributed by atoms with E-state index in [2.05, 4.69) is 10.8 Å². The van der Waals surface area contributed by atoms with Crippen LogP contribution in [0.25, 0.3) is 0 Å². The first-order chi connectivity index (χ1) is 10.7. The standard InChI is InChI=1S/C16H13NO3.C2H6/c1-19-16(18)14-3-2-4-15(9-14)20-11-13-7-5-12(10-17)6-8-13;1-2/h2-9H,11H2,1H3;1-2H3. The van der Waals surface area contributed by atoms with E-state index in [0.29, 0.717) is 23.5 Å². The fourth-order valence-corrected chi connectivity index (χ4v) is 1.67. The average Bonchev–Trinajstić information content (AvgIpc) is 2.61. The Labute approximate surface area is 130 Å². The van der Waals surface area contributed by atoms with Crippen molar-refractivity contribution < 1.29 is 14.3 Å². The Bertz CT molecular complexity index is 642. The predicted octanol–water partition coefficient (Wildman–Crippen LogP) is 3.95. The van der Waals surface area contributed by atoms with Gasteiger partial charge in [-0.05, 0) is 35.9 Å². The molecule has 4 nitrogen and oxygen atoms in total. The summed E-state index contributed by atoms with van der Waals surface area (Å²) in [6, 6.07) is 16.0. The lowest BCUT2D eigenvalue weighted by molar-refractivity contribution is 0.0600. The minimum absolute atomic E-state index is 0.371. The molecule has 0 saturated heterocycles. The van der Waals surface area contributed by atoms with Crippen molar-refractivity contribution in [1.82, 2.24) is 0 Å². The number of esters is 1. The Morgan fingerprint density at radius 3 is 2.41 bits per heavy atom. The highest BCUT2D eigenvalue weighted by Gasteiger charge is 2.06. The molecule has 0 saturated carbocycles. The fourth-order valence-electron chi connectivity index (χ4n) is 1.67. The molecule has 0 aliphatic carbocycles. The lowest BCUT2D eigenvalue weighted by Crippen LogP contribution is -2.02. The third-order valence-corrected chi connectivity index (χ3v) is 2.74. The zero-order chi connectivity index (χ0) is 16.4. The number of carbonyl (C=O) groups is 1. The molecule has 0 N–H and O–H groups in total. The van der Waals surface area contributed by atoms with E-state index in [-0.39, 0.29) is 0 Å². The van der Waals surface area contributed by atoms with E-state index in [1.807, 2.05) is 26.0 Å². The number of hydrogen-bond donors (Lipinski definition) is 0. The molecule has 22 heavy (non-hydrogen) atoms. The van der Waals surface area contributed by atoms with Crippen LogP contribution >= 0.6 is 0 Å². The molecule has 0 radical (unpaired) electrons. The number of carbonyl (C=O) groups excluding carboxylic acids is 1. The number of methoxy groups -OCH3 is 1. The molecule has 2 aromatic rings. The molecule has 0 unspecified atom stereocenters. The molecular formula is C18H19NO3. The second-order valence-corrected chi connectivity index (χ2v) is 4.12. The summed E-state index contributed by atoms with van der Waals surface area (Å²) in [6.45, 7) is 4.37. The van der Waals surface area contributed by atoms with E-state index in [1.165, 1.54) is 7.11 Å². The van der Waals surface area contributed by atoms with Crippen molar-refractivity contribution >= 4 is 5.97 Å². The molecule has 2 aromatic carbocycles. The smallest absolute Gasteiger partial charge is 0.337 e. The number of nitriles is 1. The van der Waals surface area contributed by atoms with Gasteiger partial charge in [-0.15, -0.1) is 0 Å². The Morgan fingerprint density at radius 2 is 1.82 bits per heavy atom. The van der Waals surface area contributed by atoms with Crippen molar-refractivity contribution in [3.63, 3.8) is 0 Å². The fraction of sp³-hybridized carbons (Fsp3) is 0.222. The van der Waals surface area contributed by atoms with Gasteiger partial charge >= 0.3 is 5.97 Å². The minimum atomic E-state index is -0.395. The van der Waals surface area contributed by atoms with Gasteiger partial charge in [0, 0.05) is 0 Å². The first kappa shape index (κ1) is 17.3. The molecule has 0 spiro atoms. The topological polar surface area (TPSA) is 59.3 Å². The normalized spacial score (nSPS) is 9.00. The molecule has 0 aliphatic heterocycles. The SMILES string of the molecule is CC.COC(=O)c1cccc(OCc2ccc(C#N)cc2)c1. The van der Waals surface area contributed by atoms with Gasteiger partial charge in [0.2, 0.25) is 0 Å². The van der Waals surface area contributed by atoms with E-state index in [0.717, 1.165) is 5.56 Å². The molecule has 0 aromatic heterocycles. The highest BCUT2D eigenvalue weighted by molar-refractivity contribution is 5.89. The van der Waals surface area contributed by atoms with Gasteiger partial charge in [0.15, 0.2) is 0 Å². The van der Waals surface area contributed by atoms with Gasteiger partial charge in [0.1, 0.15) is 12.4 Å². The highest BCUT2D eigenvalue weighted by Crippen LogP contribution is 2.16. The van der Waals surface area contributed by atoms with Crippen LogP contribution in [-0.2, 0) is 11.3 Å². The molecule has 4 heteroatoms. The van der Waals surface area contributed by atoms with Crippen molar-refractivity contribution in [1.29, 1.82) is 5.26 Å². The maximum Gasteiger partial charge on any atom is 0.337 e. The van der Waals surface area contributed by atoms with E-state index in [4.69, 9.17) is 10.00 Å². The third-order valence-electron chi connectivity index (χ3n) is 2.74. The number of ether oxygens (including phenoxy) is 2. The van der Waals surface area contributed by atoms with Crippen LogP contribution in [0, 0.1) is 11.3 Å². The molecule has 114 valence electrons. The summed E-state index contributed by atoms with van der Waals surface area (Å²) in [4.78, 5) is 11.4. The maximum absolute atomic E-state index is 11.4. The quantitative estimate of drug-likeness (QED) is 0.802. The molecule has 2 rings (SSSR count). The Balaban J connectivity index is 0.00000116. The second kappa shape index (κ2) is 9.19. The van der Waals surface area contributed by atoms with Gasteiger partial charge in [0.05, 0.1) is 24.3 Å². The van der Waals surface area contributed by atoms with Crippen molar-refractivity contribution in [3.05, 3.63) is 65.2 Å². The molecule has 0 bridgehead atoms. The Kier molecular flexibility index (Phi) is 7.21. The van der Waals surface area contributed by atoms with Gasteiger partial charge in [-0.3, -0.25) is 0 Å². The molecule has 0 aliphatic rings. The minimum Gasteiger partial charge on any atom is -0.489 e. The molecular weight excluding hydrogens is 278 g/mol. The Hall–Kier alpha value is -2.80. The Morgan fingerprint density at radius 1 is 1.14 bits per heavy atom. The van der Waals surface area contributed by atoms with Gasteiger partial charge in [-0.25, -0.2) is 4.79 Å². The van der Waals surface area contributed by atoms with Crippen LogP contribution in [0.2, 0.25) is 0 Å². The van der Waals surface area contributed by atoms with E-state index in [1.54, 1.807) is 36.4 Å². The molecule has 0 heterocycles.